The first kappa shape index (κ1) is 13.0. The molecule has 2 rings (SSSR count). The number of nitrogens with one attached hydrogen (secondary N) is 1. The van der Waals surface area contributed by atoms with Crippen molar-refractivity contribution in [3.05, 3.63) is 34.1 Å². The van der Waals surface area contributed by atoms with E-state index in [4.69, 9.17) is 0 Å². The van der Waals surface area contributed by atoms with Crippen LogP contribution in [0.4, 0.5) is 4.39 Å². The summed E-state index contributed by atoms with van der Waals surface area (Å²) in [5.41, 5.74) is 0.451. The number of benzene rings is 1. The zero-order valence-electron chi connectivity index (χ0n) is 9.68. The summed E-state index contributed by atoms with van der Waals surface area (Å²) in [4.78, 5) is 0. The Morgan fingerprint density at radius 2 is 2.06 bits per heavy atom. The van der Waals surface area contributed by atoms with E-state index in [1.165, 1.54) is 6.07 Å². The molecule has 1 saturated carbocycles. The molecule has 1 fully saturated rings. The normalized spacial score (nSPS) is 18.5. The molecule has 1 aliphatic rings. The fraction of sp³-hybridized carbons (Fsp3) is 0.538. The van der Waals surface area contributed by atoms with Crippen molar-refractivity contribution in [3.8, 4) is 0 Å². The highest BCUT2D eigenvalue weighted by Gasteiger charge is 2.32. The number of rotatable bonds is 4. The van der Waals surface area contributed by atoms with Crippen molar-refractivity contribution in [2.75, 3.05) is 6.61 Å². The lowest BCUT2D eigenvalue weighted by molar-refractivity contribution is 0.162. The largest absolute Gasteiger partial charge is 0.394 e. The minimum Gasteiger partial charge on any atom is -0.394 e. The van der Waals surface area contributed by atoms with Gasteiger partial charge in [0, 0.05) is 22.1 Å². The van der Waals surface area contributed by atoms with Crippen molar-refractivity contribution in [3.63, 3.8) is 0 Å². The van der Waals surface area contributed by atoms with Gasteiger partial charge in [-0.3, -0.25) is 0 Å². The number of aliphatic hydroxyl groups is 1. The second-order valence-electron chi connectivity index (χ2n) is 4.73. The molecule has 2 N–H and O–H groups in total. The molecule has 1 aromatic rings. The lowest BCUT2D eigenvalue weighted by Crippen LogP contribution is -2.45. The first-order chi connectivity index (χ1) is 8.15. The Balaban J connectivity index is 2.01. The number of hydrogen-bond acceptors (Lipinski definition) is 2. The molecule has 0 saturated heterocycles. The van der Waals surface area contributed by atoms with E-state index < -0.39 is 0 Å². The molecule has 2 nitrogen and oxygen atoms in total. The maximum atomic E-state index is 13.6. The first-order valence-corrected chi connectivity index (χ1v) is 6.74. The average molecular weight is 302 g/mol. The summed E-state index contributed by atoms with van der Waals surface area (Å²) in [5, 5.41) is 12.8. The molecular weight excluding hydrogens is 285 g/mol. The molecule has 94 valence electrons. The van der Waals surface area contributed by atoms with Crippen LogP contribution in [0.5, 0.6) is 0 Å². The zero-order chi connectivity index (χ0) is 12.3. The molecule has 1 aromatic carbocycles. The minimum absolute atomic E-state index is 0.130. The van der Waals surface area contributed by atoms with Crippen LogP contribution in [0.3, 0.4) is 0 Å². The van der Waals surface area contributed by atoms with Gasteiger partial charge < -0.3 is 10.4 Å². The molecule has 0 aliphatic heterocycles. The fourth-order valence-corrected chi connectivity index (χ4v) is 2.72. The summed E-state index contributed by atoms with van der Waals surface area (Å²) in [6.45, 7) is 0.602. The smallest absolute Gasteiger partial charge is 0.128 e. The van der Waals surface area contributed by atoms with Crippen LogP contribution in [0, 0.1) is 5.82 Å². The predicted molar refractivity (Wildman–Crippen MR) is 69.2 cm³/mol. The van der Waals surface area contributed by atoms with E-state index in [-0.39, 0.29) is 18.0 Å². The predicted octanol–water partition coefficient (Wildman–Crippen LogP) is 2.98. The second-order valence-corrected chi connectivity index (χ2v) is 5.65. The van der Waals surface area contributed by atoms with Gasteiger partial charge in [0.05, 0.1) is 6.61 Å². The fourth-order valence-electron chi connectivity index (χ4n) is 2.39. The van der Waals surface area contributed by atoms with Crippen molar-refractivity contribution in [2.24, 2.45) is 0 Å². The molecule has 1 aliphatic carbocycles. The van der Waals surface area contributed by atoms with Crippen LogP contribution < -0.4 is 5.32 Å². The Bertz CT molecular complexity index is 391. The molecule has 17 heavy (non-hydrogen) atoms. The molecule has 0 bridgehead atoms. The lowest BCUT2D eigenvalue weighted by Gasteiger charge is -2.28. The third-order valence-corrected chi connectivity index (χ3v) is 4.03. The maximum absolute atomic E-state index is 13.6. The standard InChI is InChI=1S/C13H17BrFNO/c14-11-4-3-10(12(15)7-11)8-16-13(9-17)5-1-2-6-13/h3-4,7,16-17H,1-2,5-6,8-9H2. The third-order valence-electron chi connectivity index (χ3n) is 3.53. The molecule has 0 amide bonds. The van der Waals surface area contributed by atoms with E-state index in [0.29, 0.717) is 12.1 Å². The molecule has 4 heteroatoms. The number of halogens is 2. The summed E-state index contributed by atoms with van der Waals surface area (Å²) in [7, 11) is 0. The van der Waals surface area contributed by atoms with Gasteiger partial charge in [0.25, 0.3) is 0 Å². The molecule has 0 heterocycles. The van der Waals surface area contributed by atoms with Gasteiger partial charge in [-0.15, -0.1) is 0 Å². The Kier molecular flexibility index (Phi) is 4.17. The Hall–Kier alpha value is -0.450. The van der Waals surface area contributed by atoms with Crippen molar-refractivity contribution in [1.29, 1.82) is 0 Å². The topological polar surface area (TPSA) is 32.3 Å². The van der Waals surface area contributed by atoms with E-state index in [1.54, 1.807) is 6.07 Å². The van der Waals surface area contributed by atoms with Crippen LogP contribution >= 0.6 is 15.9 Å². The van der Waals surface area contributed by atoms with Crippen LogP contribution in [0.1, 0.15) is 31.2 Å². The monoisotopic (exact) mass is 301 g/mol. The van der Waals surface area contributed by atoms with Crippen LogP contribution in [-0.2, 0) is 6.54 Å². The van der Waals surface area contributed by atoms with Crippen LogP contribution in [0.15, 0.2) is 22.7 Å². The van der Waals surface area contributed by atoms with Gasteiger partial charge in [0.1, 0.15) is 5.82 Å². The van der Waals surface area contributed by atoms with E-state index in [9.17, 15) is 9.50 Å². The second kappa shape index (κ2) is 5.46. The highest BCUT2D eigenvalue weighted by atomic mass is 79.9. The van der Waals surface area contributed by atoms with E-state index in [2.05, 4.69) is 21.2 Å². The first-order valence-electron chi connectivity index (χ1n) is 5.95. The van der Waals surface area contributed by atoms with E-state index in [0.717, 1.165) is 30.2 Å². The molecule has 0 spiro atoms. The van der Waals surface area contributed by atoms with Crippen LogP contribution in [0.25, 0.3) is 0 Å². The Labute approximate surface area is 109 Å². The van der Waals surface area contributed by atoms with Gasteiger partial charge in [-0.1, -0.05) is 34.8 Å². The molecule has 0 aromatic heterocycles. The molecule has 0 unspecified atom stereocenters. The Morgan fingerprint density at radius 1 is 1.35 bits per heavy atom. The quantitative estimate of drug-likeness (QED) is 0.896. The third kappa shape index (κ3) is 3.06. The van der Waals surface area contributed by atoms with Crippen molar-refractivity contribution < 1.29 is 9.50 Å². The van der Waals surface area contributed by atoms with E-state index in [1.807, 2.05) is 6.07 Å². The molecule has 0 atom stereocenters. The number of hydrogen-bond donors (Lipinski definition) is 2. The van der Waals surface area contributed by atoms with Gasteiger partial charge in [0.15, 0.2) is 0 Å². The zero-order valence-corrected chi connectivity index (χ0v) is 11.3. The van der Waals surface area contributed by atoms with Gasteiger partial charge in [-0.2, -0.15) is 0 Å². The van der Waals surface area contributed by atoms with Crippen molar-refractivity contribution >= 4 is 15.9 Å². The minimum atomic E-state index is -0.210. The van der Waals surface area contributed by atoms with Gasteiger partial charge in [0.2, 0.25) is 0 Å². The SMILES string of the molecule is OCC1(NCc2ccc(Br)cc2F)CCCC1. The maximum Gasteiger partial charge on any atom is 0.128 e. The highest BCUT2D eigenvalue weighted by Crippen LogP contribution is 2.29. The highest BCUT2D eigenvalue weighted by molar-refractivity contribution is 9.10. The van der Waals surface area contributed by atoms with Crippen molar-refractivity contribution in [2.45, 2.75) is 37.8 Å². The average Bonchev–Trinajstić information content (AvgIpc) is 2.77. The number of aliphatic hydroxyl groups excluding tert-OH is 1. The molecule has 0 radical (unpaired) electrons. The summed E-state index contributed by atoms with van der Waals surface area (Å²) >= 11 is 3.24. The van der Waals surface area contributed by atoms with Crippen LogP contribution in [0.2, 0.25) is 0 Å². The summed E-state index contributed by atoms with van der Waals surface area (Å²) in [6, 6.07) is 5.07. The van der Waals surface area contributed by atoms with Gasteiger partial charge in [-0.25, -0.2) is 4.39 Å². The summed E-state index contributed by atoms with van der Waals surface area (Å²) < 4.78 is 14.4. The van der Waals surface area contributed by atoms with Gasteiger partial charge >= 0.3 is 0 Å². The lowest BCUT2D eigenvalue weighted by atomic mass is 9.98. The Morgan fingerprint density at radius 3 is 2.65 bits per heavy atom. The summed E-state index contributed by atoms with van der Waals surface area (Å²) in [5.74, 6) is -0.210. The summed E-state index contributed by atoms with van der Waals surface area (Å²) in [6.07, 6.45) is 4.22. The van der Waals surface area contributed by atoms with Gasteiger partial charge in [-0.05, 0) is 25.0 Å². The van der Waals surface area contributed by atoms with Crippen LogP contribution in [-0.4, -0.2) is 17.3 Å². The van der Waals surface area contributed by atoms with E-state index >= 15 is 0 Å². The van der Waals surface area contributed by atoms with Crippen molar-refractivity contribution in [1.82, 2.24) is 5.32 Å². The molecular formula is C13H17BrFNO.